The van der Waals surface area contributed by atoms with Gasteiger partial charge in [0.2, 0.25) is 0 Å². The summed E-state index contributed by atoms with van der Waals surface area (Å²) in [5, 5.41) is 0. The number of benzene rings is 1. The molecule has 1 aromatic rings. The van der Waals surface area contributed by atoms with Gasteiger partial charge in [0.25, 0.3) is 0 Å². The molecule has 1 aliphatic heterocycles. The molecule has 5 heteroatoms. The minimum absolute atomic E-state index is 0.0459. The molecule has 0 fully saturated rings. The van der Waals surface area contributed by atoms with Crippen molar-refractivity contribution in [1.29, 1.82) is 0 Å². The highest BCUT2D eigenvalue weighted by Crippen LogP contribution is 2.35. The van der Waals surface area contributed by atoms with Gasteiger partial charge in [0.15, 0.2) is 0 Å². The molecule has 2 unspecified atom stereocenters. The Balaban J connectivity index is 1.93. The highest BCUT2D eigenvalue weighted by molar-refractivity contribution is 7.90. The van der Waals surface area contributed by atoms with Crippen molar-refractivity contribution < 1.29 is 13.2 Å². The van der Waals surface area contributed by atoms with Crippen LogP contribution in [0, 0.1) is 0 Å². The maximum absolute atomic E-state index is 11.1. The van der Waals surface area contributed by atoms with Crippen LogP contribution in [0.3, 0.4) is 0 Å². The Labute approximate surface area is 108 Å². The summed E-state index contributed by atoms with van der Waals surface area (Å²) in [4.78, 5) is 0. The van der Waals surface area contributed by atoms with Crippen molar-refractivity contribution in [3.63, 3.8) is 0 Å². The second-order valence-electron chi connectivity index (χ2n) is 4.89. The Hall–Kier alpha value is -1.07. The maximum Gasteiger partial charge on any atom is 0.147 e. The first-order chi connectivity index (χ1) is 8.47. The number of fused-ring (bicyclic) bond motifs is 1. The van der Waals surface area contributed by atoms with Gasteiger partial charge in [-0.2, -0.15) is 0 Å². The van der Waals surface area contributed by atoms with Gasteiger partial charge >= 0.3 is 0 Å². The third-order valence-corrected chi connectivity index (χ3v) is 4.34. The monoisotopic (exact) mass is 269 g/mol. The molecule has 2 atom stereocenters. The second kappa shape index (κ2) is 5.28. The van der Waals surface area contributed by atoms with Gasteiger partial charge in [-0.25, -0.2) is 8.42 Å². The van der Waals surface area contributed by atoms with Gasteiger partial charge < -0.3 is 10.5 Å². The van der Waals surface area contributed by atoms with E-state index in [0.29, 0.717) is 19.4 Å². The molecule has 2 rings (SSSR count). The molecular formula is C13H19NO3S. The molecule has 0 radical (unpaired) electrons. The minimum atomic E-state index is -2.89. The first-order valence-electron chi connectivity index (χ1n) is 6.12. The van der Waals surface area contributed by atoms with Crippen LogP contribution >= 0.6 is 0 Å². The number of para-hydroxylation sites is 1. The van der Waals surface area contributed by atoms with Crippen LogP contribution in [0.15, 0.2) is 24.3 Å². The Kier molecular flexibility index (Phi) is 3.92. The Morgan fingerprint density at radius 2 is 2.17 bits per heavy atom. The van der Waals surface area contributed by atoms with E-state index in [-0.39, 0.29) is 17.7 Å². The van der Waals surface area contributed by atoms with Crippen LogP contribution in [0.4, 0.5) is 0 Å². The zero-order valence-electron chi connectivity index (χ0n) is 10.5. The van der Waals surface area contributed by atoms with Crippen LogP contribution in [0.1, 0.15) is 24.3 Å². The topological polar surface area (TPSA) is 69.4 Å². The minimum Gasteiger partial charge on any atom is -0.493 e. The third-order valence-electron chi connectivity index (χ3n) is 3.31. The van der Waals surface area contributed by atoms with Crippen LogP contribution in [0.2, 0.25) is 0 Å². The lowest BCUT2D eigenvalue weighted by molar-refractivity contribution is 0.309. The van der Waals surface area contributed by atoms with E-state index >= 15 is 0 Å². The average molecular weight is 269 g/mol. The molecule has 0 aliphatic carbocycles. The third kappa shape index (κ3) is 3.23. The molecule has 0 aromatic heterocycles. The number of nitrogens with two attached hydrogens (primary N) is 1. The van der Waals surface area contributed by atoms with Crippen molar-refractivity contribution in [3.05, 3.63) is 29.8 Å². The van der Waals surface area contributed by atoms with Gasteiger partial charge in [-0.1, -0.05) is 18.2 Å². The lowest BCUT2D eigenvalue weighted by Gasteiger charge is -2.17. The zero-order chi connectivity index (χ0) is 13.2. The lowest BCUT2D eigenvalue weighted by atomic mass is 9.91. The molecule has 0 saturated heterocycles. The van der Waals surface area contributed by atoms with Crippen molar-refractivity contribution in [1.82, 2.24) is 0 Å². The van der Waals surface area contributed by atoms with Crippen LogP contribution in [0.25, 0.3) is 0 Å². The fourth-order valence-electron chi connectivity index (χ4n) is 2.32. The van der Waals surface area contributed by atoms with Gasteiger partial charge in [0.1, 0.15) is 15.6 Å². The van der Waals surface area contributed by atoms with E-state index in [1.165, 1.54) is 6.26 Å². The van der Waals surface area contributed by atoms with E-state index in [1.54, 1.807) is 0 Å². The summed E-state index contributed by atoms with van der Waals surface area (Å²) in [6.45, 7) is 0.597. The molecule has 1 heterocycles. The van der Waals surface area contributed by atoms with Crippen molar-refractivity contribution >= 4 is 9.84 Å². The quantitative estimate of drug-likeness (QED) is 0.875. The normalized spacial score (nSPS) is 20.2. The maximum atomic E-state index is 11.1. The van der Waals surface area contributed by atoms with Gasteiger partial charge in [-0.15, -0.1) is 0 Å². The van der Waals surface area contributed by atoms with Crippen LogP contribution in [-0.4, -0.2) is 33.1 Å². The summed E-state index contributed by atoms with van der Waals surface area (Å²) in [5.74, 6) is 1.29. The molecule has 1 aliphatic rings. The molecular weight excluding hydrogens is 250 g/mol. The second-order valence-corrected chi connectivity index (χ2v) is 7.15. The fourth-order valence-corrected chi connectivity index (χ4v) is 3.02. The fraction of sp³-hybridized carbons (Fsp3) is 0.538. The van der Waals surface area contributed by atoms with Gasteiger partial charge in [0, 0.05) is 29.5 Å². The Bertz CT molecular complexity index is 513. The first-order valence-corrected chi connectivity index (χ1v) is 8.18. The summed E-state index contributed by atoms with van der Waals surface area (Å²) < 4.78 is 27.7. The summed E-state index contributed by atoms with van der Waals surface area (Å²) >= 11 is 0. The molecule has 100 valence electrons. The summed E-state index contributed by atoms with van der Waals surface area (Å²) in [5.41, 5.74) is 7.29. The zero-order valence-corrected chi connectivity index (χ0v) is 11.3. The number of hydrogen-bond donors (Lipinski definition) is 1. The summed E-state index contributed by atoms with van der Waals surface area (Å²) in [6.07, 6.45) is 2.57. The van der Waals surface area contributed by atoms with E-state index in [4.69, 9.17) is 10.5 Å². The molecule has 0 spiro atoms. The first kappa shape index (κ1) is 13.4. The lowest BCUT2D eigenvalue weighted by Crippen LogP contribution is -2.30. The molecule has 0 amide bonds. The van der Waals surface area contributed by atoms with Crippen molar-refractivity contribution in [3.8, 4) is 5.75 Å². The molecule has 0 saturated carbocycles. The van der Waals surface area contributed by atoms with E-state index in [0.717, 1.165) is 11.3 Å². The van der Waals surface area contributed by atoms with Gasteiger partial charge in [-0.3, -0.25) is 0 Å². The van der Waals surface area contributed by atoms with Crippen molar-refractivity contribution in [2.24, 2.45) is 5.73 Å². The van der Waals surface area contributed by atoms with Crippen molar-refractivity contribution in [2.45, 2.75) is 24.8 Å². The SMILES string of the molecule is CS(=O)(=O)CCCC(N)C1COc2ccccc21. The van der Waals surface area contributed by atoms with Crippen molar-refractivity contribution in [2.75, 3.05) is 18.6 Å². The Morgan fingerprint density at radius 3 is 2.89 bits per heavy atom. The molecule has 2 N–H and O–H groups in total. The number of hydrogen-bond acceptors (Lipinski definition) is 4. The highest BCUT2D eigenvalue weighted by atomic mass is 32.2. The largest absolute Gasteiger partial charge is 0.493 e. The smallest absolute Gasteiger partial charge is 0.147 e. The molecule has 18 heavy (non-hydrogen) atoms. The van der Waals surface area contributed by atoms with Crippen LogP contribution in [-0.2, 0) is 9.84 Å². The van der Waals surface area contributed by atoms with Gasteiger partial charge in [0.05, 0.1) is 6.61 Å². The summed E-state index contributed by atoms with van der Waals surface area (Å²) in [6, 6.07) is 7.85. The average Bonchev–Trinajstić information content (AvgIpc) is 2.70. The predicted octanol–water partition coefficient (Wildman–Crippen LogP) is 1.31. The van der Waals surface area contributed by atoms with Gasteiger partial charge in [-0.05, 0) is 18.9 Å². The van der Waals surface area contributed by atoms with E-state index < -0.39 is 9.84 Å². The summed E-state index contributed by atoms with van der Waals surface area (Å²) in [7, 11) is -2.89. The van der Waals surface area contributed by atoms with E-state index in [2.05, 4.69) is 0 Å². The predicted molar refractivity (Wildman–Crippen MR) is 71.6 cm³/mol. The molecule has 4 nitrogen and oxygen atoms in total. The number of rotatable bonds is 5. The number of sulfone groups is 1. The van der Waals surface area contributed by atoms with Crippen LogP contribution < -0.4 is 10.5 Å². The van der Waals surface area contributed by atoms with Crippen LogP contribution in [0.5, 0.6) is 5.75 Å². The molecule has 0 bridgehead atoms. The van der Waals surface area contributed by atoms with E-state index in [9.17, 15) is 8.42 Å². The Morgan fingerprint density at radius 1 is 1.44 bits per heavy atom. The number of ether oxygens (including phenoxy) is 1. The van der Waals surface area contributed by atoms with E-state index in [1.807, 2.05) is 24.3 Å². The standard InChI is InChI=1S/C13H19NO3S/c1-18(15,16)8-4-6-12(14)11-9-17-13-7-3-2-5-10(11)13/h2-3,5,7,11-12H,4,6,8-9,14H2,1H3. The highest BCUT2D eigenvalue weighted by Gasteiger charge is 2.28. The molecule has 1 aromatic carbocycles.